The summed E-state index contributed by atoms with van der Waals surface area (Å²) in [5.74, 6) is -1.47. The van der Waals surface area contributed by atoms with Crippen LogP contribution in [-0.4, -0.2) is 46.7 Å². The van der Waals surface area contributed by atoms with Crippen LogP contribution in [0.2, 0.25) is 0 Å². The van der Waals surface area contributed by atoms with Crippen LogP contribution in [0.25, 0.3) is 0 Å². The topological polar surface area (TPSA) is 69.7 Å². The molecule has 3 amide bonds. The molecule has 0 atom stereocenters. The molecule has 1 saturated heterocycles. The minimum atomic E-state index is -0.452. The summed E-state index contributed by atoms with van der Waals surface area (Å²) < 4.78 is 13.4. The van der Waals surface area contributed by atoms with Crippen molar-refractivity contribution in [1.82, 2.24) is 9.80 Å². The summed E-state index contributed by atoms with van der Waals surface area (Å²) in [5.41, 5.74) is 2.29. The predicted octanol–water partition coefficient (Wildman–Crippen LogP) is 3.50. The van der Waals surface area contributed by atoms with E-state index in [1.807, 2.05) is 0 Å². The molecule has 0 aromatic heterocycles. The molecule has 0 radical (unpaired) electrons. The van der Waals surface area contributed by atoms with E-state index in [-0.39, 0.29) is 17.8 Å². The summed E-state index contributed by atoms with van der Waals surface area (Å²) in [7, 11) is 0. The molecule has 1 aliphatic heterocycles. The summed E-state index contributed by atoms with van der Waals surface area (Å²) in [5, 5.41) is 2.75. The number of piperazine rings is 1. The number of hydrogen-bond donors (Lipinski definition) is 1. The Balaban J connectivity index is 1.36. The van der Waals surface area contributed by atoms with Crippen molar-refractivity contribution in [2.75, 3.05) is 18.4 Å². The lowest BCUT2D eigenvalue weighted by Crippen LogP contribution is -2.56. The van der Waals surface area contributed by atoms with E-state index >= 15 is 0 Å². The fourth-order valence-corrected chi connectivity index (χ4v) is 4.31. The number of amides is 3. The highest BCUT2D eigenvalue weighted by atomic mass is 19.1. The second-order valence-electron chi connectivity index (χ2n) is 8.28. The first-order valence-corrected chi connectivity index (χ1v) is 10.7. The second kappa shape index (κ2) is 8.88. The molecule has 31 heavy (non-hydrogen) atoms. The van der Waals surface area contributed by atoms with E-state index in [9.17, 15) is 18.8 Å². The Morgan fingerprint density at radius 2 is 1.74 bits per heavy atom. The molecule has 4 rings (SSSR count). The lowest BCUT2D eigenvalue weighted by molar-refractivity contribution is -0.158. The molecule has 0 spiro atoms. The van der Waals surface area contributed by atoms with Gasteiger partial charge in [-0.25, -0.2) is 4.39 Å². The molecule has 2 fully saturated rings. The second-order valence-corrected chi connectivity index (χ2v) is 8.28. The summed E-state index contributed by atoms with van der Waals surface area (Å²) in [6, 6.07) is 11.6. The molecule has 0 unspecified atom stereocenters. The summed E-state index contributed by atoms with van der Waals surface area (Å²) in [6.07, 6.45) is 4.21. The maximum atomic E-state index is 13.4. The zero-order valence-electron chi connectivity index (χ0n) is 17.6. The largest absolute Gasteiger partial charge is 0.330 e. The number of anilines is 1. The van der Waals surface area contributed by atoms with E-state index in [1.165, 1.54) is 12.1 Å². The number of nitrogens with one attached hydrogen (secondary N) is 1. The fraction of sp³-hybridized carbons (Fsp3) is 0.375. The van der Waals surface area contributed by atoms with Gasteiger partial charge in [-0.15, -0.1) is 0 Å². The van der Waals surface area contributed by atoms with Crippen LogP contribution in [0.15, 0.2) is 42.5 Å². The molecule has 1 heterocycles. The van der Waals surface area contributed by atoms with E-state index < -0.39 is 11.8 Å². The minimum Gasteiger partial charge on any atom is -0.330 e. The van der Waals surface area contributed by atoms with Crippen molar-refractivity contribution in [2.24, 2.45) is 0 Å². The molecule has 0 bridgehead atoms. The monoisotopic (exact) mass is 423 g/mol. The Bertz CT molecular complexity index is 1000. The van der Waals surface area contributed by atoms with Gasteiger partial charge in [0.25, 0.3) is 5.91 Å². The van der Waals surface area contributed by atoms with Gasteiger partial charge in [0, 0.05) is 36.9 Å². The first-order valence-electron chi connectivity index (χ1n) is 10.7. The number of aryl methyl sites for hydroxylation is 1. The first kappa shape index (κ1) is 21.0. The summed E-state index contributed by atoms with van der Waals surface area (Å²) >= 11 is 0. The molecule has 1 aliphatic carbocycles. The Morgan fingerprint density at radius 3 is 2.42 bits per heavy atom. The average molecular weight is 423 g/mol. The molecule has 1 saturated carbocycles. The Kier molecular flexibility index (Phi) is 6.02. The number of carbonyl (C=O) groups is 3. The maximum Gasteiger partial charge on any atom is 0.312 e. The minimum absolute atomic E-state index is 0.210. The van der Waals surface area contributed by atoms with Crippen LogP contribution in [0.5, 0.6) is 0 Å². The lowest BCUT2D eigenvalue weighted by Gasteiger charge is -2.37. The number of benzene rings is 2. The average Bonchev–Trinajstić information content (AvgIpc) is 3.29. The Labute approximate surface area is 181 Å². The van der Waals surface area contributed by atoms with Crippen molar-refractivity contribution in [2.45, 2.75) is 45.2 Å². The van der Waals surface area contributed by atoms with Crippen LogP contribution in [0.3, 0.4) is 0 Å². The predicted molar refractivity (Wildman–Crippen MR) is 115 cm³/mol. The van der Waals surface area contributed by atoms with Gasteiger partial charge in [-0.05, 0) is 61.2 Å². The molecular formula is C24H26FN3O3. The van der Waals surface area contributed by atoms with Gasteiger partial charge in [0.1, 0.15) is 5.82 Å². The SMILES string of the molecule is Cc1cc(NC(=O)c2ccc(CN3CCN(C4CCCC4)C(=O)C3=O)cc2)ccc1F. The molecule has 6 nitrogen and oxygen atoms in total. The third-order valence-electron chi connectivity index (χ3n) is 6.11. The molecule has 7 heteroatoms. The lowest BCUT2D eigenvalue weighted by atomic mass is 10.1. The van der Waals surface area contributed by atoms with Gasteiger partial charge >= 0.3 is 11.8 Å². The van der Waals surface area contributed by atoms with Gasteiger partial charge in [-0.1, -0.05) is 25.0 Å². The quantitative estimate of drug-likeness (QED) is 0.749. The standard InChI is InChI=1S/C24H26FN3O3/c1-16-14-19(10-11-21(16)25)26-22(29)18-8-6-17(7-9-18)15-27-12-13-28(24(31)23(27)30)20-4-2-3-5-20/h6-11,14,20H,2-5,12-13,15H2,1H3,(H,26,29). The molecule has 2 aromatic carbocycles. The number of nitrogens with zero attached hydrogens (tertiary/aromatic N) is 2. The molecule has 1 N–H and O–H groups in total. The van der Waals surface area contributed by atoms with Crippen LogP contribution in [0, 0.1) is 12.7 Å². The van der Waals surface area contributed by atoms with Crippen molar-refractivity contribution < 1.29 is 18.8 Å². The summed E-state index contributed by atoms with van der Waals surface area (Å²) in [4.78, 5) is 40.9. The third kappa shape index (κ3) is 4.60. The van der Waals surface area contributed by atoms with Crippen LogP contribution < -0.4 is 5.32 Å². The van der Waals surface area contributed by atoms with Gasteiger partial charge in [-0.2, -0.15) is 0 Å². The highest BCUT2D eigenvalue weighted by Gasteiger charge is 2.37. The van der Waals surface area contributed by atoms with E-state index in [4.69, 9.17) is 0 Å². The molecule has 2 aliphatic rings. The molecule has 162 valence electrons. The van der Waals surface area contributed by atoms with E-state index in [0.717, 1.165) is 31.2 Å². The van der Waals surface area contributed by atoms with Crippen LogP contribution in [0.4, 0.5) is 10.1 Å². The number of halogens is 1. The smallest absolute Gasteiger partial charge is 0.312 e. The van der Waals surface area contributed by atoms with Crippen LogP contribution in [0.1, 0.15) is 47.2 Å². The van der Waals surface area contributed by atoms with E-state index in [0.29, 0.717) is 36.4 Å². The normalized spacial score (nSPS) is 17.4. The zero-order valence-corrected chi connectivity index (χ0v) is 17.6. The number of carbonyl (C=O) groups excluding carboxylic acids is 3. The van der Waals surface area contributed by atoms with Crippen LogP contribution in [-0.2, 0) is 16.1 Å². The molecular weight excluding hydrogens is 397 g/mol. The zero-order chi connectivity index (χ0) is 22.0. The Hall–Kier alpha value is -3.22. The third-order valence-corrected chi connectivity index (χ3v) is 6.11. The number of rotatable bonds is 5. The van der Waals surface area contributed by atoms with Gasteiger partial charge in [-0.3, -0.25) is 14.4 Å². The molecule has 2 aromatic rings. The van der Waals surface area contributed by atoms with Gasteiger partial charge in [0.2, 0.25) is 0 Å². The van der Waals surface area contributed by atoms with Crippen molar-refractivity contribution in [3.8, 4) is 0 Å². The van der Waals surface area contributed by atoms with Crippen molar-refractivity contribution in [1.29, 1.82) is 0 Å². The number of hydrogen-bond acceptors (Lipinski definition) is 3. The Morgan fingerprint density at radius 1 is 1.03 bits per heavy atom. The maximum absolute atomic E-state index is 13.4. The van der Waals surface area contributed by atoms with Crippen molar-refractivity contribution in [3.63, 3.8) is 0 Å². The highest BCUT2D eigenvalue weighted by molar-refractivity contribution is 6.35. The fourth-order valence-electron chi connectivity index (χ4n) is 4.31. The van der Waals surface area contributed by atoms with E-state index in [1.54, 1.807) is 47.1 Å². The van der Waals surface area contributed by atoms with Gasteiger partial charge in [0.05, 0.1) is 0 Å². The van der Waals surface area contributed by atoms with Crippen molar-refractivity contribution in [3.05, 3.63) is 65.0 Å². The highest BCUT2D eigenvalue weighted by Crippen LogP contribution is 2.25. The van der Waals surface area contributed by atoms with Crippen molar-refractivity contribution >= 4 is 23.4 Å². The van der Waals surface area contributed by atoms with Gasteiger partial charge < -0.3 is 15.1 Å². The summed E-state index contributed by atoms with van der Waals surface area (Å²) in [6.45, 7) is 3.07. The first-order chi connectivity index (χ1) is 14.9. The van der Waals surface area contributed by atoms with Gasteiger partial charge in [0.15, 0.2) is 0 Å². The van der Waals surface area contributed by atoms with E-state index in [2.05, 4.69) is 5.32 Å². The van der Waals surface area contributed by atoms with Crippen LogP contribution >= 0.6 is 0 Å².